The standard InChI is InChI=1S/C15H17NO2.C15H19NO2.C14H15NO2.C13H13NO4.C9H10O2.C5H11N.C3H8.5C2H6.CH5NO/c1-4-11-6-7-14-12(8-11)15(18)13(10(3)17)9-16(14)5-2;1-5-16-9-14(12(4)17)15(18)13-8-10(2)6-7-11(13)3;1-4-15-8-12(10(3)16)14(17)11-7-9(2)5-6-13(11)15;1-2-8-3-4-11-9(5-8)12(16)10(13(17)18)6-14(11)7-15;1-6-3-4-7(2)8(5-6)9(10)11;1-4-5-6(2)3;1-3-2;5*1-2;2-1-3/h6-9H,4-5H2,1-3H3;6-9,18H,5H2,1-4H3;5-8H,4H2,1-3H3;3-6,15H,2,7H2,1H3,(H,17,18);3-5H,1-2H3,(H,10,11);4-5H,1-3H3;3H2,1-2H3;5*1-2H3;3H,1-2H2/b;;;;;5-4+;;;;;;;. The number of Topliss-reactive ketones (excluding diaryl/α,β-unsaturated/α-hetero) is 3. The number of aliphatic hydroxyl groups excluding tert-OH is 3. The van der Waals surface area contributed by atoms with Crippen molar-refractivity contribution in [1.82, 2.24) is 18.6 Å². The molecule has 0 fully saturated rings. The van der Waals surface area contributed by atoms with Crippen molar-refractivity contribution in [1.29, 1.82) is 0 Å². The number of pyridine rings is 3. The SMILES string of the molecule is C/C=C/N(C)C.CC.CC.CC.CC.CC.CCC.CCN=CC(C(C)=O)=C(O)c1cc(C)ccc1C.CCc1ccc2c(c1)c(=O)c(C(=O)O)cn2CO.CCc1ccc2c(c1)c(=O)c(C(C)=O)cn2CC.CCn1cc(C(C)=O)c(=O)c2cc(C)ccc21.Cc1ccc(C)c(C(=O)O)c1.NCO. The highest BCUT2D eigenvalue weighted by Gasteiger charge is 2.17. The van der Waals surface area contributed by atoms with Gasteiger partial charge in [-0.3, -0.25) is 33.8 Å². The molecule has 8 aromatic rings. The molecule has 576 valence electrons. The number of aliphatic imine (C=N–C) groups is 1. The zero-order valence-electron chi connectivity index (χ0n) is 68.1. The van der Waals surface area contributed by atoms with Crippen molar-refractivity contribution >= 4 is 74.0 Å². The van der Waals surface area contributed by atoms with E-state index < -0.39 is 17.4 Å². The Morgan fingerprint density at radius 3 is 1.12 bits per heavy atom. The minimum Gasteiger partial charge on any atom is -0.506 e. The minimum atomic E-state index is -1.29. The predicted octanol–water partition coefficient (Wildman–Crippen LogP) is 18.3. The summed E-state index contributed by atoms with van der Waals surface area (Å²) in [6.07, 6.45) is 12.8. The molecule has 8 rings (SSSR count). The number of aliphatic hydroxyl groups is 3. The molecule has 0 aliphatic carbocycles. The molecule has 3 heterocycles. The summed E-state index contributed by atoms with van der Waals surface area (Å²) in [5, 5.41) is 46.1. The molecule has 0 aliphatic heterocycles. The van der Waals surface area contributed by atoms with E-state index in [1.807, 2.05) is 252 Å². The van der Waals surface area contributed by atoms with Crippen molar-refractivity contribution in [3.05, 3.63) is 225 Å². The number of nitrogens with zero attached hydrogens (tertiary/aromatic N) is 5. The maximum atomic E-state index is 12.3. The van der Waals surface area contributed by atoms with E-state index in [0.717, 1.165) is 75.9 Å². The van der Waals surface area contributed by atoms with Crippen LogP contribution in [0, 0.1) is 34.6 Å². The number of aromatic carboxylic acids is 2. The molecule has 0 aliphatic rings. The molecule has 7 N–H and O–H groups in total. The fourth-order valence-electron chi connectivity index (χ4n) is 9.04. The highest BCUT2D eigenvalue weighted by atomic mass is 16.4. The van der Waals surface area contributed by atoms with E-state index in [4.69, 9.17) is 15.3 Å². The van der Waals surface area contributed by atoms with Crippen LogP contribution in [0.25, 0.3) is 38.5 Å². The van der Waals surface area contributed by atoms with E-state index in [1.165, 1.54) is 44.2 Å². The monoisotopic (exact) mass is 1440 g/mol. The van der Waals surface area contributed by atoms with Gasteiger partial charge in [0.25, 0.3) is 0 Å². The van der Waals surface area contributed by atoms with Crippen molar-refractivity contribution in [2.45, 2.75) is 219 Å². The molecule has 19 heteroatoms. The smallest absolute Gasteiger partial charge is 0.341 e. The number of hydrogen-bond acceptors (Lipinski definition) is 14. The molecule has 0 bridgehead atoms. The normalized spacial score (nSPS) is 9.91. The van der Waals surface area contributed by atoms with E-state index in [9.17, 15) is 48.6 Å². The lowest BCUT2D eigenvalue weighted by molar-refractivity contribution is -0.113. The van der Waals surface area contributed by atoms with Crippen molar-refractivity contribution in [2.24, 2.45) is 10.7 Å². The molecule has 0 saturated carbocycles. The predicted molar refractivity (Wildman–Crippen MR) is 439 cm³/mol. The van der Waals surface area contributed by atoms with Gasteiger partial charge in [0, 0.05) is 80.3 Å². The Balaban J connectivity index is -0.000000368. The van der Waals surface area contributed by atoms with E-state index in [-0.39, 0.29) is 69.7 Å². The molecule has 0 spiro atoms. The van der Waals surface area contributed by atoms with Gasteiger partial charge in [-0.15, -0.1) is 0 Å². The number of carboxylic acid groups (broad SMARTS) is 2. The lowest BCUT2D eigenvalue weighted by atomic mass is 10.00. The first kappa shape index (κ1) is 103. The van der Waals surface area contributed by atoms with Gasteiger partial charge in [0.15, 0.2) is 28.2 Å². The Morgan fingerprint density at radius 1 is 0.481 bits per heavy atom. The summed E-state index contributed by atoms with van der Waals surface area (Å²) in [6.45, 7) is 51.3. The maximum Gasteiger partial charge on any atom is 0.341 e. The molecule has 5 aromatic carbocycles. The Bertz CT molecular complexity index is 4050. The minimum absolute atomic E-state index is 0.000833. The molecule has 0 saturated heterocycles. The third-order valence-corrected chi connectivity index (χ3v) is 13.9. The summed E-state index contributed by atoms with van der Waals surface area (Å²) >= 11 is 0. The number of rotatable bonds is 14. The summed E-state index contributed by atoms with van der Waals surface area (Å²) in [6, 6.07) is 28.1. The second-order valence-electron chi connectivity index (χ2n) is 21.9. The van der Waals surface area contributed by atoms with Gasteiger partial charge in [-0.25, -0.2) is 9.59 Å². The first-order valence-electron chi connectivity index (χ1n) is 36.1. The second kappa shape index (κ2) is 58.8. The van der Waals surface area contributed by atoms with Crippen LogP contribution in [0.4, 0.5) is 0 Å². The number of benzene rings is 5. The van der Waals surface area contributed by atoms with Gasteiger partial charge in [0.05, 0.1) is 45.5 Å². The molecular weight excluding hydrogens is 1310 g/mol. The molecule has 104 heavy (non-hydrogen) atoms. The summed E-state index contributed by atoms with van der Waals surface area (Å²) in [5.74, 6) is -2.68. The van der Waals surface area contributed by atoms with Gasteiger partial charge in [-0.05, 0) is 173 Å². The average Bonchev–Trinajstić information content (AvgIpc) is 0.795. The van der Waals surface area contributed by atoms with Crippen LogP contribution >= 0.6 is 0 Å². The molecule has 19 nitrogen and oxygen atoms in total. The van der Waals surface area contributed by atoms with E-state index >= 15 is 0 Å². The van der Waals surface area contributed by atoms with Gasteiger partial charge < -0.3 is 49.9 Å². The highest BCUT2D eigenvalue weighted by molar-refractivity contribution is 6.17. The number of carbonyl (C=O) groups excluding carboxylic acids is 3. The summed E-state index contributed by atoms with van der Waals surface area (Å²) in [4.78, 5) is 98.6. The topological polar surface area (TPSA) is 294 Å². The van der Waals surface area contributed by atoms with Gasteiger partial charge in [-0.2, -0.15) is 0 Å². The fraction of sp³-hybridized carbons (Fsp3) is 0.424. The van der Waals surface area contributed by atoms with Crippen LogP contribution in [0.15, 0.2) is 147 Å². The average molecular weight is 1440 g/mol. The molecule has 0 atom stereocenters. The van der Waals surface area contributed by atoms with E-state index in [1.54, 1.807) is 37.5 Å². The summed E-state index contributed by atoms with van der Waals surface area (Å²) in [5.41, 5.74) is 14.3. The Kier molecular flexibility index (Phi) is 58.2. The van der Waals surface area contributed by atoms with Crippen LogP contribution in [0.5, 0.6) is 0 Å². The first-order valence-corrected chi connectivity index (χ1v) is 36.1. The lowest BCUT2D eigenvalue weighted by Gasteiger charge is -2.11. The zero-order chi connectivity index (χ0) is 81.7. The Hall–Kier alpha value is -9.69. The van der Waals surface area contributed by atoms with Gasteiger partial charge in [0.2, 0.25) is 5.43 Å². The molecule has 3 aromatic heterocycles. The van der Waals surface area contributed by atoms with E-state index in [2.05, 4.69) is 24.6 Å². The lowest BCUT2D eigenvalue weighted by Crippen LogP contribution is -2.19. The molecule has 0 radical (unpaired) electrons. The van der Waals surface area contributed by atoms with Crippen LogP contribution in [0.1, 0.15) is 238 Å². The summed E-state index contributed by atoms with van der Waals surface area (Å²) in [7, 11) is 4.00. The van der Waals surface area contributed by atoms with Crippen molar-refractivity contribution < 1.29 is 49.5 Å². The fourth-order valence-corrected chi connectivity index (χ4v) is 9.04. The molecular formula is C85H128N6O13. The van der Waals surface area contributed by atoms with Crippen LogP contribution in [-0.4, -0.2) is 107 Å². The van der Waals surface area contributed by atoms with Gasteiger partial charge >= 0.3 is 11.9 Å². The number of fused-ring (bicyclic) bond motifs is 3. The second-order valence-corrected chi connectivity index (χ2v) is 21.9. The number of hydrogen-bond donors (Lipinski definition) is 6. The number of allylic oxidation sites excluding steroid dienone is 2. The number of nitrogens with two attached hydrogens (primary N) is 1. The quantitative estimate of drug-likeness (QED) is 0.0194. The number of ketones is 3. The third kappa shape index (κ3) is 35.0. The van der Waals surface area contributed by atoms with Gasteiger partial charge in [0.1, 0.15) is 18.1 Å². The van der Waals surface area contributed by atoms with Crippen LogP contribution in [-0.2, 0) is 37.5 Å². The number of carboxylic acids is 2. The number of carbonyl (C=O) groups is 5. The largest absolute Gasteiger partial charge is 0.506 e. The maximum absolute atomic E-state index is 12.3. The zero-order valence-corrected chi connectivity index (χ0v) is 68.1. The number of aryl methyl sites for hydroxylation is 9. The van der Waals surface area contributed by atoms with Crippen molar-refractivity contribution in [3.63, 3.8) is 0 Å². The first-order chi connectivity index (χ1) is 49.4. The Morgan fingerprint density at radius 2 is 0.808 bits per heavy atom. The van der Waals surface area contributed by atoms with Crippen LogP contribution in [0.3, 0.4) is 0 Å². The van der Waals surface area contributed by atoms with Crippen molar-refractivity contribution in [2.75, 3.05) is 27.4 Å². The summed E-state index contributed by atoms with van der Waals surface area (Å²) < 4.78 is 5.24. The molecule has 0 unspecified atom stereocenters. The van der Waals surface area contributed by atoms with Crippen LogP contribution < -0.4 is 22.0 Å². The molecule has 0 amide bonds. The highest BCUT2D eigenvalue weighted by Crippen LogP contribution is 2.22. The number of aromatic nitrogens is 3. The van der Waals surface area contributed by atoms with Gasteiger partial charge in [-0.1, -0.05) is 169 Å². The third-order valence-electron chi connectivity index (χ3n) is 13.9. The van der Waals surface area contributed by atoms with E-state index in [0.29, 0.717) is 39.3 Å². The van der Waals surface area contributed by atoms with Crippen LogP contribution in [0.2, 0.25) is 0 Å². The van der Waals surface area contributed by atoms with Crippen molar-refractivity contribution in [3.8, 4) is 0 Å². The Labute approximate surface area is 621 Å².